The van der Waals surface area contributed by atoms with E-state index < -0.39 is 0 Å². The van der Waals surface area contributed by atoms with Crippen LogP contribution >= 0.6 is 39.9 Å². The SMILES string of the molecule is CSC(=S)C1=C(O)c2cc(Br)ccc2C1. The average Bonchev–Trinajstić information content (AvgIpc) is 2.55. The van der Waals surface area contributed by atoms with Crippen molar-refractivity contribution >= 4 is 49.9 Å². The predicted octanol–water partition coefficient (Wildman–Crippen LogP) is 3.96. The molecule has 0 heterocycles. The molecule has 2 rings (SSSR count). The van der Waals surface area contributed by atoms with Gasteiger partial charge in [0, 0.05) is 22.0 Å². The maximum atomic E-state index is 10.0. The third-order valence-corrected chi connectivity index (χ3v) is 4.27. The van der Waals surface area contributed by atoms with E-state index in [0.717, 1.165) is 31.8 Å². The third kappa shape index (κ3) is 1.98. The number of rotatable bonds is 1. The van der Waals surface area contributed by atoms with Gasteiger partial charge >= 0.3 is 0 Å². The summed E-state index contributed by atoms with van der Waals surface area (Å²) < 4.78 is 1.75. The molecule has 1 aliphatic carbocycles. The van der Waals surface area contributed by atoms with Gasteiger partial charge < -0.3 is 5.11 Å². The second kappa shape index (κ2) is 4.28. The van der Waals surface area contributed by atoms with E-state index in [4.69, 9.17) is 12.2 Å². The van der Waals surface area contributed by atoms with Crippen LogP contribution in [0.15, 0.2) is 28.2 Å². The molecule has 4 heteroatoms. The van der Waals surface area contributed by atoms with Gasteiger partial charge in [-0.3, -0.25) is 0 Å². The molecule has 0 unspecified atom stereocenters. The first-order valence-corrected chi connectivity index (χ1v) is 6.85. The minimum Gasteiger partial charge on any atom is -0.507 e. The Morgan fingerprint density at radius 1 is 1.53 bits per heavy atom. The van der Waals surface area contributed by atoms with E-state index in [1.165, 1.54) is 11.8 Å². The molecule has 0 spiro atoms. The van der Waals surface area contributed by atoms with Crippen LogP contribution in [-0.4, -0.2) is 15.6 Å². The molecule has 0 fully saturated rings. The van der Waals surface area contributed by atoms with Crippen LogP contribution < -0.4 is 0 Å². The Hall–Kier alpha value is -0.320. The summed E-state index contributed by atoms with van der Waals surface area (Å²) in [5.74, 6) is 0.339. The average molecular weight is 301 g/mol. The Balaban J connectivity index is 2.47. The lowest BCUT2D eigenvalue weighted by molar-refractivity contribution is 0.511. The fraction of sp³-hybridized carbons (Fsp3) is 0.182. The molecular formula is C11H9BrOS2. The van der Waals surface area contributed by atoms with E-state index in [1.54, 1.807) is 0 Å². The maximum Gasteiger partial charge on any atom is 0.128 e. The first-order valence-electron chi connectivity index (χ1n) is 4.42. The zero-order chi connectivity index (χ0) is 11.0. The van der Waals surface area contributed by atoms with Crippen molar-refractivity contribution in [2.45, 2.75) is 6.42 Å². The van der Waals surface area contributed by atoms with Gasteiger partial charge in [0.2, 0.25) is 0 Å². The Morgan fingerprint density at radius 3 is 2.93 bits per heavy atom. The number of hydrogen-bond acceptors (Lipinski definition) is 3. The second-order valence-electron chi connectivity index (χ2n) is 3.30. The molecule has 1 aliphatic rings. The molecule has 1 aromatic carbocycles. The lowest BCUT2D eigenvalue weighted by atomic mass is 10.1. The number of aliphatic hydroxyl groups is 1. The number of thioether (sulfide) groups is 1. The second-order valence-corrected chi connectivity index (χ2v) is 5.70. The van der Waals surface area contributed by atoms with Gasteiger partial charge in [0.25, 0.3) is 0 Å². The van der Waals surface area contributed by atoms with Gasteiger partial charge in [-0.1, -0.05) is 34.2 Å². The molecule has 0 saturated heterocycles. The first-order chi connectivity index (χ1) is 7.13. The number of halogens is 1. The summed E-state index contributed by atoms with van der Waals surface area (Å²) in [6, 6.07) is 5.93. The van der Waals surface area contributed by atoms with Gasteiger partial charge in [0.15, 0.2) is 0 Å². The molecule has 1 aromatic rings. The highest BCUT2D eigenvalue weighted by Gasteiger charge is 2.23. The molecule has 0 aromatic heterocycles. The molecule has 0 atom stereocenters. The number of aliphatic hydroxyl groups excluding tert-OH is 1. The summed E-state index contributed by atoms with van der Waals surface area (Å²) in [7, 11) is 0. The predicted molar refractivity (Wildman–Crippen MR) is 73.5 cm³/mol. The van der Waals surface area contributed by atoms with Gasteiger partial charge in [0.05, 0.1) is 4.20 Å². The van der Waals surface area contributed by atoms with Crippen molar-refractivity contribution in [2.24, 2.45) is 0 Å². The Bertz CT molecular complexity index is 466. The normalized spacial score (nSPS) is 14.3. The molecule has 0 radical (unpaired) electrons. The maximum absolute atomic E-state index is 10.0. The van der Waals surface area contributed by atoms with Crippen LogP contribution in [0.25, 0.3) is 5.76 Å². The van der Waals surface area contributed by atoms with E-state index >= 15 is 0 Å². The molecule has 0 amide bonds. The Labute approximate surface area is 107 Å². The minimum atomic E-state index is 0.339. The minimum absolute atomic E-state index is 0.339. The first kappa shape index (κ1) is 11.2. The van der Waals surface area contributed by atoms with E-state index in [1.807, 2.05) is 24.5 Å². The standard InChI is InChI=1S/C11H9BrOS2/c1-15-11(14)9-4-6-2-3-7(12)5-8(6)10(9)13/h2-3,5,13H,4H2,1H3. The number of benzene rings is 1. The van der Waals surface area contributed by atoms with E-state index in [-0.39, 0.29) is 0 Å². The molecular weight excluding hydrogens is 292 g/mol. The molecule has 0 saturated carbocycles. The van der Waals surface area contributed by atoms with E-state index in [0.29, 0.717) is 5.76 Å². The zero-order valence-corrected chi connectivity index (χ0v) is 11.3. The van der Waals surface area contributed by atoms with Crippen molar-refractivity contribution in [1.29, 1.82) is 0 Å². The van der Waals surface area contributed by atoms with Crippen LogP contribution in [0, 0.1) is 0 Å². The lowest BCUT2D eigenvalue weighted by Crippen LogP contribution is -1.95. The molecule has 78 valence electrons. The summed E-state index contributed by atoms with van der Waals surface area (Å²) in [6.45, 7) is 0. The van der Waals surface area contributed by atoms with Gasteiger partial charge in [-0.25, -0.2) is 0 Å². The fourth-order valence-electron chi connectivity index (χ4n) is 1.65. The van der Waals surface area contributed by atoms with E-state index in [2.05, 4.69) is 15.9 Å². The summed E-state index contributed by atoms with van der Waals surface area (Å²) in [4.78, 5) is 0. The highest BCUT2D eigenvalue weighted by Crippen LogP contribution is 2.35. The van der Waals surface area contributed by atoms with Crippen LogP contribution in [-0.2, 0) is 6.42 Å². The lowest BCUT2D eigenvalue weighted by Gasteiger charge is -2.00. The summed E-state index contributed by atoms with van der Waals surface area (Å²) >= 11 is 10.1. The molecule has 1 nitrogen and oxygen atoms in total. The quantitative estimate of drug-likeness (QED) is 0.793. The van der Waals surface area contributed by atoms with Crippen LogP contribution in [0.3, 0.4) is 0 Å². The van der Waals surface area contributed by atoms with Crippen molar-refractivity contribution in [1.82, 2.24) is 0 Å². The van der Waals surface area contributed by atoms with Crippen molar-refractivity contribution in [3.05, 3.63) is 39.4 Å². The van der Waals surface area contributed by atoms with Crippen LogP contribution in [0.5, 0.6) is 0 Å². The van der Waals surface area contributed by atoms with E-state index in [9.17, 15) is 5.11 Å². The van der Waals surface area contributed by atoms with Gasteiger partial charge in [-0.05, 0) is 24.0 Å². The Morgan fingerprint density at radius 2 is 2.27 bits per heavy atom. The smallest absolute Gasteiger partial charge is 0.128 e. The van der Waals surface area contributed by atoms with Crippen LogP contribution in [0.1, 0.15) is 11.1 Å². The zero-order valence-electron chi connectivity index (χ0n) is 8.08. The molecule has 1 N–H and O–H groups in total. The Kier molecular flexibility index (Phi) is 3.19. The number of thiocarbonyl (C=S) groups is 1. The monoisotopic (exact) mass is 300 g/mol. The molecule has 15 heavy (non-hydrogen) atoms. The third-order valence-electron chi connectivity index (χ3n) is 2.41. The van der Waals surface area contributed by atoms with Crippen LogP contribution in [0.2, 0.25) is 0 Å². The van der Waals surface area contributed by atoms with Gasteiger partial charge in [-0.2, -0.15) is 0 Å². The van der Waals surface area contributed by atoms with Gasteiger partial charge in [0.1, 0.15) is 5.76 Å². The molecule has 0 aliphatic heterocycles. The largest absolute Gasteiger partial charge is 0.507 e. The summed E-state index contributed by atoms with van der Waals surface area (Å²) in [6.07, 6.45) is 2.68. The molecule has 0 bridgehead atoms. The van der Waals surface area contributed by atoms with Crippen molar-refractivity contribution < 1.29 is 5.11 Å². The number of fused-ring (bicyclic) bond motifs is 1. The van der Waals surface area contributed by atoms with Crippen molar-refractivity contribution in [3.63, 3.8) is 0 Å². The summed E-state index contributed by atoms with van der Waals surface area (Å²) in [5, 5.41) is 10.0. The number of hydrogen-bond donors (Lipinski definition) is 1. The topological polar surface area (TPSA) is 20.2 Å². The highest BCUT2D eigenvalue weighted by molar-refractivity contribution is 9.10. The van der Waals surface area contributed by atoms with Gasteiger partial charge in [-0.15, -0.1) is 11.8 Å². The van der Waals surface area contributed by atoms with Crippen molar-refractivity contribution in [3.8, 4) is 0 Å². The summed E-state index contributed by atoms with van der Waals surface area (Å²) in [5.41, 5.74) is 2.92. The fourth-order valence-corrected chi connectivity index (χ4v) is 2.60. The van der Waals surface area contributed by atoms with Crippen LogP contribution in [0.4, 0.5) is 0 Å². The highest BCUT2D eigenvalue weighted by atomic mass is 79.9. The van der Waals surface area contributed by atoms with Crippen molar-refractivity contribution in [2.75, 3.05) is 6.26 Å².